The molecule has 5 nitrogen and oxygen atoms in total. The van der Waals surface area contributed by atoms with Crippen LogP contribution in [-0.2, 0) is 10.0 Å². The summed E-state index contributed by atoms with van der Waals surface area (Å²) in [7, 11) is -3.86. The summed E-state index contributed by atoms with van der Waals surface area (Å²) in [4.78, 5) is 3.77. The maximum Gasteiger partial charge on any atom is 0.262 e. The maximum atomic E-state index is 13.3. The lowest BCUT2D eigenvalue weighted by Crippen LogP contribution is -2.15. The minimum atomic E-state index is -3.86. The molecule has 3 N–H and O–H groups in total. The van der Waals surface area contributed by atoms with Crippen LogP contribution in [0.4, 0.5) is 15.8 Å². The highest BCUT2D eigenvalue weighted by atomic mass is 79.9. The molecule has 0 radical (unpaired) electrons. The van der Waals surface area contributed by atoms with Gasteiger partial charge in [-0.3, -0.25) is 9.71 Å². The van der Waals surface area contributed by atoms with Gasteiger partial charge >= 0.3 is 0 Å². The first-order chi connectivity index (χ1) is 9.31. The minimum absolute atomic E-state index is 0.0693. The van der Waals surface area contributed by atoms with E-state index in [-0.39, 0.29) is 16.1 Å². The average molecular weight is 360 g/mol. The predicted molar refractivity (Wildman–Crippen MR) is 78.3 cm³/mol. The molecule has 106 valence electrons. The number of nitrogens with one attached hydrogen (secondary N) is 1. The minimum Gasteiger partial charge on any atom is -0.396 e. The molecule has 2 aromatic rings. The number of hydrogen-bond acceptors (Lipinski definition) is 4. The van der Waals surface area contributed by atoms with Crippen LogP contribution in [0.15, 0.2) is 40.0 Å². The van der Waals surface area contributed by atoms with Gasteiger partial charge in [0.2, 0.25) is 0 Å². The fraction of sp³-hybridized carbons (Fsp3) is 0.0833. The van der Waals surface area contributed by atoms with Gasteiger partial charge in [-0.2, -0.15) is 0 Å². The molecule has 0 atom stereocenters. The number of hydrogen-bond donors (Lipinski definition) is 2. The van der Waals surface area contributed by atoms with Crippen LogP contribution < -0.4 is 10.5 Å². The Balaban J connectivity index is 2.47. The van der Waals surface area contributed by atoms with E-state index in [1.54, 1.807) is 0 Å². The van der Waals surface area contributed by atoms with E-state index in [2.05, 4.69) is 25.6 Å². The number of sulfonamides is 1. The molecule has 1 aromatic carbocycles. The van der Waals surface area contributed by atoms with E-state index in [9.17, 15) is 12.8 Å². The van der Waals surface area contributed by atoms with Crippen LogP contribution >= 0.6 is 15.9 Å². The van der Waals surface area contributed by atoms with Crippen molar-refractivity contribution in [3.63, 3.8) is 0 Å². The summed E-state index contributed by atoms with van der Waals surface area (Å²) in [5, 5.41) is 0. The monoisotopic (exact) mass is 359 g/mol. The van der Waals surface area contributed by atoms with Crippen molar-refractivity contribution < 1.29 is 12.8 Å². The van der Waals surface area contributed by atoms with Crippen molar-refractivity contribution in [2.75, 3.05) is 10.5 Å². The number of rotatable bonds is 3. The summed E-state index contributed by atoms with van der Waals surface area (Å²) in [6.07, 6.45) is 2.91. The number of nitrogens with two attached hydrogens (primary N) is 1. The quantitative estimate of drug-likeness (QED) is 0.825. The van der Waals surface area contributed by atoms with E-state index in [1.165, 1.54) is 25.4 Å². The molecule has 0 bridgehead atoms. The molecule has 0 aliphatic heterocycles. The van der Waals surface area contributed by atoms with E-state index in [0.717, 1.165) is 12.1 Å². The van der Waals surface area contributed by atoms with Crippen molar-refractivity contribution in [1.29, 1.82) is 0 Å². The number of nitrogen functional groups attached to an aromatic ring is 1. The lowest BCUT2D eigenvalue weighted by atomic mass is 10.2. The van der Waals surface area contributed by atoms with Gasteiger partial charge in [-0.1, -0.05) is 0 Å². The lowest BCUT2D eigenvalue weighted by molar-refractivity contribution is 0.599. The molecule has 0 aliphatic rings. The first-order valence-electron chi connectivity index (χ1n) is 5.49. The first-order valence-corrected chi connectivity index (χ1v) is 7.77. The van der Waals surface area contributed by atoms with E-state index in [0.29, 0.717) is 10.2 Å². The summed E-state index contributed by atoms with van der Waals surface area (Å²) in [6, 6.07) is 3.69. The van der Waals surface area contributed by atoms with E-state index >= 15 is 0 Å². The average Bonchev–Trinajstić information content (AvgIpc) is 2.36. The van der Waals surface area contributed by atoms with Gasteiger partial charge in [0, 0.05) is 12.4 Å². The number of benzene rings is 1. The van der Waals surface area contributed by atoms with Gasteiger partial charge < -0.3 is 5.73 Å². The van der Waals surface area contributed by atoms with Crippen molar-refractivity contribution in [1.82, 2.24) is 4.98 Å². The Morgan fingerprint density at radius 3 is 2.75 bits per heavy atom. The summed E-state index contributed by atoms with van der Waals surface area (Å²) >= 11 is 3.19. The molecular formula is C12H11BrFN3O2S. The Hall–Kier alpha value is -1.67. The van der Waals surface area contributed by atoms with E-state index < -0.39 is 15.8 Å². The highest BCUT2D eigenvalue weighted by Gasteiger charge is 2.20. The summed E-state index contributed by atoms with van der Waals surface area (Å²) in [5.74, 6) is -0.647. The number of nitrogens with zero attached hydrogens (tertiary/aromatic N) is 1. The molecule has 0 amide bonds. The normalized spacial score (nSPS) is 11.3. The van der Waals surface area contributed by atoms with Gasteiger partial charge in [0.05, 0.1) is 20.7 Å². The number of pyridine rings is 1. The zero-order valence-corrected chi connectivity index (χ0v) is 12.8. The molecule has 8 heteroatoms. The van der Waals surface area contributed by atoms with Crippen molar-refractivity contribution in [3.8, 4) is 0 Å². The fourth-order valence-electron chi connectivity index (χ4n) is 1.62. The van der Waals surface area contributed by atoms with Gasteiger partial charge in [-0.25, -0.2) is 12.8 Å². The fourth-order valence-corrected chi connectivity index (χ4v) is 3.44. The molecule has 0 aliphatic carbocycles. The molecule has 0 saturated carbocycles. The van der Waals surface area contributed by atoms with Gasteiger partial charge in [0.1, 0.15) is 5.82 Å². The highest BCUT2D eigenvalue weighted by molar-refractivity contribution is 9.10. The molecule has 1 aromatic heterocycles. The third kappa shape index (κ3) is 2.91. The van der Waals surface area contributed by atoms with Gasteiger partial charge in [-0.05, 0) is 46.6 Å². The second-order valence-corrected chi connectivity index (χ2v) is 6.61. The van der Waals surface area contributed by atoms with E-state index in [4.69, 9.17) is 5.73 Å². The molecular weight excluding hydrogens is 349 g/mol. The summed E-state index contributed by atoms with van der Waals surface area (Å²) in [5.41, 5.74) is 5.81. The Kier molecular flexibility index (Phi) is 3.96. The first kappa shape index (κ1) is 14.7. The van der Waals surface area contributed by atoms with Gasteiger partial charge in [0.25, 0.3) is 10.0 Å². The molecule has 1 heterocycles. The third-order valence-electron chi connectivity index (χ3n) is 2.60. The van der Waals surface area contributed by atoms with Crippen LogP contribution in [0, 0.1) is 12.7 Å². The Morgan fingerprint density at radius 2 is 2.10 bits per heavy atom. The van der Waals surface area contributed by atoms with Crippen LogP contribution in [0.3, 0.4) is 0 Å². The van der Waals surface area contributed by atoms with Gasteiger partial charge in [0.15, 0.2) is 0 Å². The van der Waals surface area contributed by atoms with Crippen LogP contribution in [0.2, 0.25) is 0 Å². The van der Waals surface area contributed by atoms with E-state index in [1.807, 2.05) is 0 Å². The number of anilines is 2. The molecule has 0 saturated heterocycles. The Labute approximate surface area is 124 Å². The van der Waals surface area contributed by atoms with Gasteiger partial charge in [-0.15, -0.1) is 0 Å². The van der Waals surface area contributed by atoms with Crippen molar-refractivity contribution in [3.05, 3.63) is 46.4 Å². The van der Waals surface area contributed by atoms with Crippen molar-refractivity contribution in [2.24, 2.45) is 0 Å². The van der Waals surface area contributed by atoms with Crippen LogP contribution in [0.25, 0.3) is 0 Å². The predicted octanol–water partition coefficient (Wildman–Crippen LogP) is 2.67. The number of aromatic nitrogens is 1. The molecule has 0 spiro atoms. The SMILES string of the molecule is Cc1cc(F)c(N)cc1S(=O)(=O)Nc1ccncc1Br. The van der Waals surface area contributed by atoms with Crippen LogP contribution in [0.5, 0.6) is 0 Å². The summed E-state index contributed by atoms with van der Waals surface area (Å²) < 4.78 is 40.8. The largest absolute Gasteiger partial charge is 0.396 e. The molecule has 2 rings (SSSR count). The van der Waals surface area contributed by atoms with Crippen LogP contribution in [-0.4, -0.2) is 13.4 Å². The zero-order valence-electron chi connectivity index (χ0n) is 10.4. The maximum absolute atomic E-state index is 13.3. The van der Waals surface area contributed by atoms with Crippen molar-refractivity contribution in [2.45, 2.75) is 11.8 Å². The molecule has 0 fully saturated rings. The lowest BCUT2D eigenvalue weighted by Gasteiger charge is -2.12. The smallest absolute Gasteiger partial charge is 0.262 e. The topological polar surface area (TPSA) is 85.1 Å². The Bertz CT molecular complexity index is 765. The number of aryl methyl sites for hydroxylation is 1. The Morgan fingerprint density at radius 1 is 1.40 bits per heavy atom. The second-order valence-electron chi connectivity index (χ2n) is 4.10. The molecule has 20 heavy (non-hydrogen) atoms. The number of halogens is 2. The van der Waals surface area contributed by atoms with Crippen LogP contribution in [0.1, 0.15) is 5.56 Å². The summed E-state index contributed by atoms with van der Waals surface area (Å²) in [6.45, 7) is 1.50. The highest BCUT2D eigenvalue weighted by Crippen LogP contribution is 2.26. The second kappa shape index (κ2) is 5.37. The molecule has 0 unspecified atom stereocenters. The standard InChI is InChI=1S/C12H11BrFN3O2S/c1-7-4-9(14)10(15)5-12(7)20(18,19)17-11-2-3-16-6-8(11)13/h2-6H,15H2,1H3,(H,16,17). The zero-order chi connectivity index (χ0) is 14.9. The van der Waals surface area contributed by atoms with Crippen molar-refractivity contribution >= 4 is 37.3 Å². The third-order valence-corrected chi connectivity index (χ3v) is 4.74.